The van der Waals surface area contributed by atoms with Crippen molar-refractivity contribution in [1.82, 2.24) is 4.98 Å². The first-order valence-electron chi connectivity index (χ1n) is 8.79. The summed E-state index contributed by atoms with van der Waals surface area (Å²) in [6.07, 6.45) is 2.98. The Kier molecular flexibility index (Phi) is 4.67. The van der Waals surface area contributed by atoms with E-state index >= 15 is 0 Å². The second-order valence-corrected chi connectivity index (χ2v) is 7.02. The summed E-state index contributed by atoms with van der Waals surface area (Å²) in [7, 11) is 0. The van der Waals surface area contributed by atoms with Crippen LogP contribution in [0, 0.1) is 27.7 Å². The molecule has 25 heavy (non-hydrogen) atoms. The monoisotopic (exact) mass is 334 g/mol. The molecule has 0 saturated carbocycles. The molecule has 0 aliphatic carbocycles. The number of benzene rings is 2. The van der Waals surface area contributed by atoms with Gasteiger partial charge in [0.05, 0.1) is 0 Å². The zero-order chi connectivity index (χ0) is 18.1. The van der Waals surface area contributed by atoms with Crippen LogP contribution in [0.3, 0.4) is 0 Å². The van der Waals surface area contributed by atoms with Crippen molar-refractivity contribution in [2.75, 3.05) is 11.4 Å². The summed E-state index contributed by atoms with van der Waals surface area (Å²) in [5.74, 6) is 0.147. The molecule has 2 heterocycles. The lowest BCUT2D eigenvalue weighted by atomic mass is 10.0. The van der Waals surface area contributed by atoms with Crippen molar-refractivity contribution in [2.45, 2.75) is 41.0 Å². The molecule has 0 unspecified atom stereocenters. The predicted octanol–water partition coefficient (Wildman–Crippen LogP) is 5.00. The van der Waals surface area contributed by atoms with Crippen LogP contribution >= 0.6 is 0 Å². The lowest BCUT2D eigenvalue weighted by Crippen LogP contribution is -2.25. The van der Waals surface area contributed by atoms with Crippen molar-refractivity contribution >= 4 is 22.5 Å². The lowest BCUT2D eigenvalue weighted by Gasteiger charge is -2.15. The first kappa shape index (κ1) is 17.3. The molecule has 1 aliphatic rings. The maximum absolute atomic E-state index is 11.4. The Hall–Kier alpha value is -2.55. The molecule has 3 aromatic rings. The molecule has 4 rings (SSSR count). The normalized spacial score (nSPS) is 12.8. The number of H-pyrrole nitrogens is 1. The molecule has 3 heteroatoms. The molecule has 0 fully saturated rings. The minimum atomic E-state index is 0.147. The summed E-state index contributed by atoms with van der Waals surface area (Å²) in [6, 6.07) is 10.8. The number of aryl methyl sites for hydroxylation is 4. The van der Waals surface area contributed by atoms with E-state index in [0.29, 0.717) is 0 Å². The van der Waals surface area contributed by atoms with E-state index in [2.05, 4.69) is 63.0 Å². The fourth-order valence-electron chi connectivity index (χ4n) is 3.75. The van der Waals surface area contributed by atoms with Crippen molar-refractivity contribution in [3.05, 3.63) is 64.3 Å². The molecule has 0 atom stereocenters. The molecule has 0 saturated heterocycles. The predicted molar refractivity (Wildman–Crippen MR) is 105 cm³/mol. The van der Waals surface area contributed by atoms with Gasteiger partial charge in [0.2, 0.25) is 5.91 Å². The van der Waals surface area contributed by atoms with Crippen LogP contribution in [0.4, 0.5) is 5.69 Å². The Bertz CT molecular complexity index is 937. The third-order valence-electron chi connectivity index (χ3n) is 4.87. The number of rotatable bonds is 0. The summed E-state index contributed by atoms with van der Waals surface area (Å²) >= 11 is 0. The van der Waals surface area contributed by atoms with Crippen molar-refractivity contribution in [1.29, 1.82) is 0 Å². The van der Waals surface area contributed by atoms with Gasteiger partial charge in [0.15, 0.2) is 0 Å². The van der Waals surface area contributed by atoms with Crippen LogP contribution in [-0.4, -0.2) is 17.4 Å². The van der Waals surface area contributed by atoms with E-state index in [1.807, 2.05) is 11.1 Å². The summed E-state index contributed by atoms with van der Waals surface area (Å²) in [5.41, 5.74) is 8.90. The van der Waals surface area contributed by atoms with E-state index in [9.17, 15) is 4.79 Å². The minimum Gasteiger partial charge on any atom is -0.361 e. The SMILES string of the molecule is CC(=O)N1CCc2c(C)cc(C)cc21.Cc1cc(C)c2cc[nH]c2c1. The largest absolute Gasteiger partial charge is 0.361 e. The number of carbonyl (C=O) groups is 1. The summed E-state index contributed by atoms with van der Waals surface area (Å²) < 4.78 is 0. The van der Waals surface area contributed by atoms with E-state index in [1.54, 1.807) is 6.92 Å². The minimum absolute atomic E-state index is 0.147. The summed E-state index contributed by atoms with van der Waals surface area (Å²) in [5, 5.41) is 1.33. The molecule has 130 valence electrons. The van der Waals surface area contributed by atoms with Gasteiger partial charge in [0, 0.05) is 36.3 Å². The molecule has 2 aromatic carbocycles. The molecular weight excluding hydrogens is 308 g/mol. The van der Waals surface area contributed by atoms with Crippen molar-refractivity contribution in [3.63, 3.8) is 0 Å². The van der Waals surface area contributed by atoms with Crippen LogP contribution in [0.1, 0.15) is 34.7 Å². The van der Waals surface area contributed by atoms with Crippen molar-refractivity contribution < 1.29 is 4.79 Å². The number of fused-ring (bicyclic) bond motifs is 2. The Morgan fingerprint density at radius 3 is 2.40 bits per heavy atom. The van der Waals surface area contributed by atoms with E-state index in [1.165, 1.54) is 38.7 Å². The molecule has 0 radical (unpaired) electrons. The number of aromatic nitrogens is 1. The second kappa shape index (κ2) is 6.75. The number of amides is 1. The maximum Gasteiger partial charge on any atom is 0.223 e. The molecule has 1 aliphatic heterocycles. The number of hydrogen-bond acceptors (Lipinski definition) is 1. The van der Waals surface area contributed by atoms with Crippen LogP contribution in [0.15, 0.2) is 36.5 Å². The fourth-order valence-corrected chi connectivity index (χ4v) is 3.75. The van der Waals surface area contributed by atoms with E-state index < -0.39 is 0 Å². The van der Waals surface area contributed by atoms with Gasteiger partial charge >= 0.3 is 0 Å². The van der Waals surface area contributed by atoms with E-state index in [-0.39, 0.29) is 5.91 Å². The van der Waals surface area contributed by atoms with Crippen molar-refractivity contribution in [3.8, 4) is 0 Å². The highest BCUT2D eigenvalue weighted by Gasteiger charge is 2.23. The molecular formula is C22H26N2O. The highest BCUT2D eigenvalue weighted by molar-refractivity contribution is 5.94. The van der Waals surface area contributed by atoms with E-state index in [4.69, 9.17) is 0 Å². The summed E-state index contributed by atoms with van der Waals surface area (Å²) in [6.45, 7) is 10.9. The molecule has 0 spiro atoms. The Balaban J connectivity index is 0.000000150. The van der Waals surface area contributed by atoms with Gasteiger partial charge in [0.25, 0.3) is 0 Å². The zero-order valence-electron chi connectivity index (χ0n) is 15.7. The number of aromatic amines is 1. The number of nitrogens with zero attached hydrogens (tertiary/aromatic N) is 1. The Morgan fingerprint density at radius 2 is 1.68 bits per heavy atom. The van der Waals surface area contributed by atoms with Crippen molar-refractivity contribution in [2.24, 2.45) is 0 Å². The molecule has 1 amide bonds. The molecule has 1 aromatic heterocycles. The molecule has 3 nitrogen and oxygen atoms in total. The average Bonchev–Trinajstić information content (AvgIpc) is 3.14. The quantitative estimate of drug-likeness (QED) is 0.617. The first-order chi connectivity index (χ1) is 11.9. The number of nitrogens with one attached hydrogen (secondary N) is 1. The highest BCUT2D eigenvalue weighted by Crippen LogP contribution is 2.31. The average molecular weight is 334 g/mol. The lowest BCUT2D eigenvalue weighted by molar-refractivity contribution is -0.116. The van der Waals surface area contributed by atoms with Crippen LogP contribution < -0.4 is 4.90 Å². The zero-order valence-corrected chi connectivity index (χ0v) is 15.7. The van der Waals surface area contributed by atoms with Crippen LogP contribution in [0.5, 0.6) is 0 Å². The van der Waals surface area contributed by atoms with Gasteiger partial charge < -0.3 is 9.88 Å². The van der Waals surface area contributed by atoms with Gasteiger partial charge in [-0.25, -0.2) is 0 Å². The number of hydrogen-bond donors (Lipinski definition) is 1. The van der Waals surface area contributed by atoms with Gasteiger partial charge in [0.1, 0.15) is 0 Å². The van der Waals surface area contributed by atoms with Crippen LogP contribution in [0.25, 0.3) is 10.9 Å². The molecule has 1 N–H and O–H groups in total. The standard InChI is InChI=1S/C12H15NO.C10H11N/c1-8-6-9(2)11-4-5-13(10(3)14)12(11)7-8;1-7-5-8(2)9-3-4-11-10(9)6-7/h6-7H,4-5H2,1-3H3;3-6,11H,1-2H3. The Labute approximate surface area is 149 Å². The van der Waals surface area contributed by atoms with Gasteiger partial charge in [-0.05, 0) is 80.1 Å². The Morgan fingerprint density at radius 1 is 1.00 bits per heavy atom. The van der Waals surface area contributed by atoms with Gasteiger partial charge in [-0.1, -0.05) is 12.1 Å². The van der Waals surface area contributed by atoms with E-state index in [0.717, 1.165) is 18.7 Å². The van der Waals surface area contributed by atoms with Gasteiger partial charge in [-0.2, -0.15) is 0 Å². The summed E-state index contributed by atoms with van der Waals surface area (Å²) in [4.78, 5) is 16.4. The third kappa shape index (κ3) is 3.46. The van der Waals surface area contributed by atoms with Gasteiger partial charge in [-0.3, -0.25) is 4.79 Å². The molecule has 0 bridgehead atoms. The number of carbonyl (C=O) groups excluding carboxylic acids is 1. The van der Waals surface area contributed by atoms with Crippen LogP contribution in [0.2, 0.25) is 0 Å². The number of anilines is 1. The smallest absolute Gasteiger partial charge is 0.223 e. The third-order valence-corrected chi connectivity index (χ3v) is 4.87. The van der Waals surface area contributed by atoms with Gasteiger partial charge in [-0.15, -0.1) is 0 Å². The highest BCUT2D eigenvalue weighted by atomic mass is 16.2. The fraction of sp³-hybridized carbons (Fsp3) is 0.318. The maximum atomic E-state index is 11.4. The second-order valence-electron chi connectivity index (χ2n) is 7.02. The topological polar surface area (TPSA) is 36.1 Å². The van der Waals surface area contributed by atoms with Crippen LogP contribution in [-0.2, 0) is 11.2 Å². The first-order valence-corrected chi connectivity index (χ1v) is 8.79.